The molecule has 3 aromatic heterocycles. The molecule has 0 aliphatic carbocycles. The largest absolute Gasteiger partial charge is 0.454 e. The molecule has 1 amide bonds. The highest BCUT2D eigenvalue weighted by molar-refractivity contribution is 9.10. The molecule has 1 N–H and O–H groups in total. The van der Waals surface area contributed by atoms with Gasteiger partial charge in [0.1, 0.15) is 5.76 Å². The van der Waals surface area contributed by atoms with Gasteiger partial charge in [-0.15, -0.1) is 11.3 Å². The Kier molecular flexibility index (Phi) is 3.89. The highest BCUT2D eigenvalue weighted by Gasteiger charge is 2.13. The molecule has 0 aromatic carbocycles. The zero-order valence-electron chi connectivity index (χ0n) is 11.0. The van der Waals surface area contributed by atoms with Crippen molar-refractivity contribution < 1.29 is 9.21 Å². The summed E-state index contributed by atoms with van der Waals surface area (Å²) in [6.45, 7) is 2.40. The lowest BCUT2D eigenvalue weighted by molar-refractivity contribution is 0.0994. The molecule has 0 aliphatic heterocycles. The minimum Gasteiger partial charge on any atom is -0.454 e. The molecule has 0 aliphatic rings. The lowest BCUT2D eigenvalue weighted by atomic mass is 10.4. The molecular weight excluding hydrogens is 356 g/mol. The topological polar surface area (TPSA) is 73.0 Å². The fraction of sp³-hybridized carbons (Fsp3) is 0.154. The first kappa shape index (κ1) is 14.0. The van der Waals surface area contributed by atoms with E-state index < -0.39 is 0 Å². The van der Waals surface area contributed by atoms with Crippen LogP contribution in [0.3, 0.4) is 0 Å². The van der Waals surface area contributed by atoms with Crippen molar-refractivity contribution in [3.05, 3.63) is 51.6 Å². The number of hydrogen-bond donors (Lipinski definition) is 1. The van der Waals surface area contributed by atoms with Gasteiger partial charge in [-0.05, 0) is 35.0 Å². The van der Waals surface area contributed by atoms with Crippen molar-refractivity contribution >= 4 is 38.3 Å². The maximum Gasteiger partial charge on any atom is 0.293 e. The summed E-state index contributed by atoms with van der Waals surface area (Å²) >= 11 is 4.75. The molecule has 21 heavy (non-hydrogen) atoms. The molecule has 0 spiro atoms. The molecule has 0 unspecified atom stereocenters. The summed E-state index contributed by atoms with van der Waals surface area (Å²) in [7, 11) is 0. The zero-order chi connectivity index (χ0) is 14.8. The number of nitrogens with zero attached hydrogens (tertiary/aromatic N) is 3. The van der Waals surface area contributed by atoms with Crippen LogP contribution in [0.1, 0.15) is 21.2 Å². The minimum atomic E-state index is -0.308. The summed E-state index contributed by atoms with van der Waals surface area (Å²) in [5, 5.41) is 7.40. The van der Waals surface area contributed by atoms with Crippen LogP contribution in [-0.2, 0) is 6.54 Å². The van der Waals surface area contributed by atoms with E-state index in [1.165, 1.54) is 11.3 Å². The van der Waals surface area contributed by atoms with E-state index in [1.807, 2.05) is 13.1 Å². The maximum absolute atomic E-state index is 12.0. The molecule has 0 saturated carbocycles. The Bertz CT molecular complexity index is 777. The molecule has 3 heterocycles. The van der Waals surface area contributed by atoms with Crippen LogP contribution in [0, 0.1) is 6.92 Å². The highest BCUT2D eigenvalue weighted by atomic mass is 79.9. The zero-order valence-corrected chi connectivity index (χ0v) is 13.4. The van der Waals surface area contributed by atoms with Crippen molar-refractivity contribution in [2.45, 2.75) is 13.5 Å². The molecular formula is C13H11BrN4O2S. The van der Waals surface area contributed by atoms with Crippen LogP contribution in [0.15, 0.2) is 39.6 Å². The van der Waals surface area contributed by atoms with E-state index in [-0.39, 0.29) is 11.7 Å². The number of hydrogen-bond acceptors (Lipinski definition) is 5. The highest BCUT2D eigenvalue weighted by Crippen LogP contribution is 2.18. The van der Waals surface area contributed by atoms with Crippen LogP contribution in [0.5, 0.6) is 0 Å². The Hall–Kier alpha value is -1.93. The number of halogens is 1. The van der Waals surface area contributed by atoms with Crippen LogP contribution >= 0.6 is 27.3 Å². The average Bonchev–Trinajstić information content (AvgIpc) is 3.13. The van der Waals surface area contributed by atoms with Crippen molar-refractivity contribution in [1.82, 2.24) is 14.8 Å². The first-order chi connectivity index (χ1) is 10.1. The van der Waals surface area contributed by atoms with Gasteiger partial charge in [-0.1, -0.05) is 0 Å². The molecule has 0 atom stereocenters. The number of nitrogens with one attached hydrogen (secondary N) is 1. The first-order valence-electron chi connectivity index (χ1n) is 6.10. The van der Waals surface area contributed by atoms with Crippen LogP contribution in [-0.4, -0.2) is 20.7 Å². The fourth-order valence-corrected chi connectivity index (χ4v) is 2.73. The Balaban J connectivity index is 1.68. The number of furan rings is 1. The summed E-state index contributed by atoms with van der Waals surface area (Å²) in [5.41, 5.74) is 0. The minimum absolute atomic E-state index is 0.254. The summed E-state index contributed by atoms with van der Waals surface area (Å²) in [5.74, 6) is 0.604. The number of rotatable bonds is 4. The molecule has 3 aromatic rings. The number of carbonyl (C=O) groups is 1. The number of carbonyl (C=O) groups excluding carboxylic acids is 1. The van der Waals surface area contributed by atoms with Gasteiger partial charge in [0, 0.05) is 17.3 Å². The second kappa shape index (κ2) is 5.82. The summed E-state index contributed by atoms with van der Waals surface area (Å²) in [4.78, 5) is 17.1. The van der Waals surface area contributed by atoms with Gasteiger partial charge in [0.2, 0.25) is 0 Å². The number of aryl methyl sites for hydroxylation is 1. The average molecular weight is 367 g/mol. The standard InChI is InChI=1S/C13H11BrN4O2S/c1-8-4-15-13(21-8)17-12(19)11-3-2-10(20-11)7-18-6-9(14)5-16-18/h2-6H,7H2,1H3,(H,15,17,19). The molecule has 108 valence electrons. The van der Waals surface area contributed by atoms with E-state index >= 15 is 0 Å². The molecule has 0 fully saturated rings. The molecule has 6 nitrogen and oxygen atoms in total. The predicted octanol–water partition coefficient (Wildman–Crippen LogP) is 3.30. The van der Waals surface area contributed by atoms with Crippen molar-refractivity contribution in [2.24, 2.45) is 0 Å². The van der Waals surface area contributed by atoms with Crippen LogP contribution in [0.2, 0.25) is 0 Å². The Labute approximate surface area is 132 Å². The smallest absolute Gasteiger partial charge is 0.293 e. The van der Waals surface area contributed by atoms with E-state index in [9.17, 15) is 4.79 Å². The third-order valence-electron chi connectivity index (χ3n) is 2.65. The number of thiazole rings is 1. The van der Waals surface area contributed by atoms with Crippen molar-refractivity contribution in [3.8, 4) is 0 Å². The number of anilines is 1. The fourth-order valence-electron chi connectivity index (χ4n) is 1.74. The van der Waals surface area contributed by atoms with Gasteiger partial charge in [-0.25, -0.2) is 4.98 Å². The SMILES string of the molecule is Cc1cnc(NC(=O)c2ccc(Cn3cc(Br)cn3)o2)s1. The van der Waals surface area contributed by atoms with Gasteiger partial charge < -0.3 is 4.42 Å². The van der Waals surface area contributed by atoms with E-state index in [0.717, 1.165) is 9.35 Å². The van der Waals surface area contributed by atoms with Gasteiger partial charge in [-0.3, -0.25) is 14.8 Å². The summed E-state index contributed by atoms with van der Waals surface area (Å²) in [6, 6.07) is 3.40. The van der Waals surface area contributed by atoms with Gasteiger partial charge in [0.15, 0.2) is 10.9 Å². The monoisotopic (exact) mass is 366 g/mol. The van der Waals surface area contributed by atoms with E-state index in [2.05, 4.69) is 31.3 Å². The van der Waals surface area contributed by atoms with Gasteiger partial charge in [0.25, 0.3) is 5.91 Å². The van der Waals surface area contributed by atoms with E-state index in [4.69, 9.17) is 4.42 Å². The summed E-state index contributed by atoms with van der Waals surface area (Å²) < 4.78 is 8.14. The first-order valence-corrected chi connectivity index (χ1v) is 7.71. The van der Waals surface area contributed by atoms with Crippen molar-refractivity contribution in [2.75, 3.05) is 5.32 Å². The molecule has 8 heteroatoms. The second-order valence-corrected chi connectivity index (χ2v) is 6.50. The van der Waals surface area contributed by atoms with E-state index in [0.29, 0.717) is 17.4 Å². The van der Waals surface area contributed by atoms with Crippen LogP contribution < -0.4 is 5.32 Å². The Morgan fingerprint density at radius 3 is 3.00 bits per heavy atom. The van der Waals surface area contributed by atoms with Crippen molar-refractivity contribution in [3.63, 3.8) is 0 Å². The Morgan fingerprint density at radius 2 is 2.33 bits per heavy atom. The lowest BCUT2D eigenvalue weighted by Gasteiger charge is -1.99. The Morgan fingerprint density at radius 1 is 1.48 bits per heavy atom. The predicted molar refractivity (Wildman–Crippen MR) is 82.5 cm³/mol. The van der Waals surface area contributed by atoms with E-state index in [1.54, 1.807) is 29.2 Å². The third kappa shape index (κ3) is 3.40. The third-order valence-corrected chi connectivity index (χ3v) is 3.88. The van der Waals surface area contributed by atoms with Crippen molar-refractivity contribution in [1.29, 1.82) is 0 Å². The second-order valence-electron chi connectivity index (χ2n) is 4.35. The number of amides is 1. The number of aromatic nitrogens is 3. The summed E-state index contributed by atoms with van der Waals surface area (Å²) in [6.07, 6.45) is 5.24. The molecule has 0 bridgehead atoms. The maximum atomic E-state index is 12.0. The molecule has 3 rings (SSSR count). The normalized spacial score (nSPS) is 10.8. The molecule has 0 radical (unpaired) electrons. The lowest BCUT2D eigenvalue weighted by Crippen LogP contribution is -2.10. The van der Waals surface area contributed by atoms with Gasteiger partial charge in [0.05, 0.1) is 17.2 Å². The molecule has 0 saturated heterocycles. The van der Waals surface area contributed by atoms with Gasteiger partial charge >= 0.3 is 0 Å². The quantitative estimate of drug-likeness (QED) is 0.768. The van der Waals surface area contributed by atoms with Crippen LogP contribution in [0.4, 0.5) is 5.13 Å². The van der Waals surface area contributed by atoms with Gasteiger partial charge in [-0.2, -0.15) is 5.10 Å². The van der Waals surface area contributed by atoms with Crippen LogP contribution in [0.25, 0.3) is 0 Å².